The summed E-state index contributed by atoms with van der Waals surface area (Å²) in [5.74, 6) is -0.291. The smallest absolute Gasteiger partial charge is 0.416 e. The van der Waals surface area contributed by atoms with Crippen LogP contribution in [0.25, 0.3) is 0 Å². The third-order valence-electron chi connectivity index (χ3n) is 5.50. The zero-order valence-corrected chi connectivity index (χ0v) is 19.6. The first-order valence-corrected chi connectivity index (χ1v) is 12.2. The van der Waals surface area contributed by atoms with Crippen molar-refractivity contribution in [3.05, 3.63) is 65.0 Å². The number of aromatic nitrogens is 2. The molecule has 0 fully saturated rings. The maximum absolute atomic E-state index is 13.2. The highest BCUT2D eigenvalue weighted by atomic mass is 32.2. The zero-order chi connectivity index (χ0) is 24.7. The molecular formula is C21H19F3N4O4S2. The van der Waals surface area contributed by atoms with Crippen LogP contribution in [0, 0.1) is 0 Å². The molecule has 1 N–H and O–H groups in total. The van der Waals surface area contributed by atoms with Gasteiger partial charge < -0.3 is 9.64 Å². The molecule has 3 aromatic rings. The molecular weight excluding hydrogens is 493 g/mol. The fourth-order valence-electron chi connectivity index (χ4n) is 3.95. The third kappa shape index (κ3) is 4.57. The minimum atomic E-state index is -4.56. The lowest BCUT2D eigenvalue weighted by Gasteiger charge is -2.38. The van der Waals surface area contributed by atoms with Crippen molar-refractivity contribution in [1.82, 2.24) is 14.3 Å². The predicted octanol–water partition coefficient (Wildman–Crippen LogP) is 3.86. The number of sulfonamides is 1. The van der Waals surface area contributed by atoms with Crippen LogP contribution < -0.4 is 9.46 Å². The van der Waals surface area contributed by atoms with Gasteiger partial charge in [0.1, 0.15) is 12.1 Å². The summed E-state index contributed by atoms with van der Waals surface area (Å²) in [6.45, 7) is 1.63. The van der Waals surface area contributed by atoms with E-state index in [1.165, 1.54) is 43.5 Å². The molecule has 8 nitrogen and oxygen atoms in total. The average molecular weight is 513 g/mol. The van der Waals surface area contributed by atoms with Crippen LogP contribution in [0.2, 0.25) is 0 Å². The van der Waals surface area contributed by atoms with Crippen molar-refractivity contribution in [1.29, 1.82) is 0 Å². The molecule has 1 amide bonds. The normalized spacial score (nSPS) is 16.1. The monoisotopic (exact) mass is 512 g/mol. The van der Waals surface area contributed by atoms with Gasteiger partial charge in [0.15, 0.2) is 0 Å². The van der Waals surface area contributed by atoms with E-state index in [0.717, 1.165) is 23.7 Å². The first-order valence-electron chi connectivity index (χ1n) is 9.96. The van der Waals surface area contributed by atoms with Crippen LogP contribution in [0.15, 0.2) is 47.6 Å². The number of fused-ring (bicyclic) bond motifs is 1. The van der Waals surface area contributed by atoms with Gasteiger partial charge in [0.05, 0.1) is 23.6 Å². The number of alkyl halides is 3. The molecule has 1 aliphatic heterocycles. The molecule has 2 heterocycles. The molecule has 1 unspecified atom stereocenters. The van der Waals surface area contributed by atoms with E-state index in [0.29, 0.717) is 23.1 Å². The highest BCUT2D eigenvalue weighted by Gasteiger charge is 2.36. The second-order valence-electron chi connectivity index (χ2n) is 7.53. The van der Waals surface area contributed by atoms with Crippen molar-refractivity contribution < 1.29 is 31.1 Å². The van der Waals surface area contributed by atoms with Crippen LogP contribution in [0.5, 0.6) is 5.75 Å². The van der Waals surface area contributed by atoms with Gasteiger partial charge in [0.2, 0.25) is 11.0 Å². The first kappa shape index (κ1) is 24.0. The van der Waals surface area contributed by atoms with Crippen LogP contribution in [0.1, 0.15) is 35.2 Å². The number of methoxy groups -OCH3 is 1. The molecule has 1 aromatic heterocycles. The summed E-state index contributed by atoms with van der Waals surface area (Å²) in [5, 5.41) is 0.118. The van der Waals surface area contributed by atoms with Crippen molar-refractivity contribution in [3.8, 4) is 5.75 Å². The van der Waals surface area contributed by atoms with Gasteiger partial charge in [-0.15, -0.1) is 0 Å². The minimum absolute atomic E-state index is 0.00383. The number of carbonyl (C=O) groups excluding carboxylic acids is 1. The Morgan fingerprint density at radius 3 is 2.56 bits per heavy atom. The van der Waals surface area contributed by atoms with Crippen LogP contribution in [0.4, 0.5) is 18.3 Å². The summed E-state index contributed by atoms with van der Waals surface area (Å²) in [7, 11) is -2.68. The van der Waals surface area contributed by atoms with Gasteiger partial charge >= 0.3 is 6.18 Å². The van der Waals surface area contributed by atoms with Crippen molar-refractivity contribution in [2.75, 3.05) is 18.4 Å². The van der Waals surface area contributed by atoms with E-state index in [4.69, 9.17) is 4.74 Å². The number of rotatable bonds is 5. The number of halogens is 3. The SMILES string of the molecule is COc1cc(C(F)(F)F)ccc1C1c2ccc(S(=O)(=O)Nc3ncns3)cc2CCN1C(C)=O. The summed E-state index contributed by atoms with van der Waals surface area (Å²) in [4.78, 5) is 17.8. The van der Waals surface area contributed by atoms with Crippen LogP contribution in [-0.2, 0) is 27.4 Å². The van der Waals surface area contributed by atoms with E-state index in [1.54, 1.807) is 6.07 Å². The number of ether oxygens (including phenoxy) is 1. The standard InChI is InChI=1S/C21H19F3N4O4S2/c1-12(29)28-8-7-13-9-15(34(30,31)27-20-25-11-26-33-20)4-6-16(13)19(28)17-5-3-14(21(22,23)24)10-18(17)32-2/h3-6,9-11,19H,7-8H2,1-2H3,(H,25,26,27). The van der Waals surface area contributed by atoms with Crippen molar-refractivity contribution >= 4 is 32.6 Å². The number of benzene rings is 2. The Morgan fingerprint density at radius 2 is 1.94 bits per heavy atom. The number of amides is 1. The van der Waals surface area contributed by atoms with E-state index in [2.05, 4.69) is 14.1 Å². The molecule has 0 radical (unpaired) electrons. The van der Waals surface area contributed by atoms with Crippen LogP contribution in [0.3, 0.4) is 0 Å². The van der Waals surface area contributed by atoms with E-state index in [-0.39, 0.29) is 28.2 Å². The quantitative estimate of drug-likeness (QED) is 0.557. The van der Waals surface area contributed by atoms with Gasteiger partial charge in [-0.25, -0.2) is 13.4 Å². The second kappa shape index (κ2) is 8.87. The molecule has 0 aliphatic carbocycles. The minimum Gasteiger partial charge on any atom is -0.496 e. The zero-order valence-electron chi connectivity index (χ0n) is 18.0. The fraction of sp³-hybridized carbons (Fsp3) is 0.286. The van der Waals surface area contributed by atoms with Gasteiger partial charge in [-0.05, 0) is 41.8 Å². The van der Waals surface area contributed by atoms with Gasteiger partial charge in [-0.1, -0.05) is 12.1 Å². The van der Waals surface area contributed by atoms with E-state index in [1.807, 2.05) is 0 Å². The van der Waals surface area contributed by atoms with Gasteiger partial charge in [0.25, 0.3) is 10.0 Å². The number of nitrogens with one attached hydrogen (secondary N) is 1. The Labute approximate surface area is 197 Å². The maximum atomic E-state index is 13.2. The number of anilines is 1. The van der Waals surface area contributed by atoms with Crippen molar-refractivity contribution in [3.63, 3.8) is 0 Å². The highest BCUT2D eigenvalue weighted by molar-refractivity contribution is 7.93. The topological polar surface area (TPSA) is 101 Å². The summed E-state index contributed by atoms with van der Waals surface area (Å²) in [5.41, 5.74) is 0.760. The Balaban J connectivity index is 1.79. The third-order valence-corrected chi connectivity index (χ3v) is 7.54. The second-order valence-corrected chi connectivity index (χ2v) is 9.99. The largest absolute Gasteiger partial charge is 0.496 e. The highest BCUT2D eigenvalue weighted by Crippen LogP contribution is 2.42. The summed E-state index contributed by atoms with van der Waals surface area (Å²) in [6.07, 6.45) is -2.95. The van der Waals surface area contributed by atoms with E-state index < -0.39 is 27.8 Å². The molecule has 1 atom stereocenters. The number of hydrogen-bond acceptors (Lipinski definition) is 7. The predicted molar refractivity (Wildman–Crippen MR) is 118 cm³/mol. The van der Waals surface area contributed by atoms with Gasteiger partial charge in [-0.3, -0.25) is 9.52 Å². The molecule has 4 rings (SSSR count). The lowest BCUT2D eigenvalue weighted by atomic mass is 9.87. The van der Waals surface area contributed by atoms with Gasteiger partial charge in [0, 0.05) is 30.6 Å². The fourth-order valence-corrected chi connectivity index (χ4v) is 5.66. The van der Waals surface area contributed by atoms with Crippen molar-refractivity contribution in [2.45, 2.75) is 30.5 Å². The molecule has 0 spiro atoms. The first-order chi connectivity index (χ1) is 16.0. The Morgan fingerprint density at radius 1 is 1.21 bits per heavy atom. The maximum Gasteiger partial charge on any atom is 0.416 e. The molecule has 180 valence electrons. The Bertz CT molecular complexity index is 1330. The van der Waals surface area contributed by atoms with Crippen LogP contribution in [-0.4, -0.2) is 42.2 Å². The number of carbonyl (C=O) groups is 1. The summed E-state index contributed by atoms with van der Waals surface area (Å²) < 4.78 is 76.6. The van der Waals surface area contributed by atoms with Gasteiger partial charge in [-0.2, -0.15) is 17.5 Å². The lowest BCUT2D eigenvalue weighted by molar-refractivity contribution is -0.137. The summed E-state index contributed by atoms with van der Waals surface area (Å²) >= 11 is 0.892. The lowest BCUT2D eigenvalue weighted by Crippen LogP contribution is -2.39. The molecule has 0 saturated carbocycles. The van der Waals surface area contributed by atoms with Crippen molar-refractivity contribution in [2.24, 2.45) is 0 Å². The molecule has 0 bridgehead atoms. The van der Waals surface area contributed by atoms with E-state index in [9.17, 15) is 26.4 Å². The van der Waals surface area contributed by atoms with Crippen LogP contribution >= 0.6 is 11.5 Å². The molecule has 34 heavy (non-hydrogen) atoms. The number of hydrogen-bond donors (Lipinski definition) is 1. The van der Waals surface area contributed by atoms with E-state index >= 15 is 0 Å². The molecule has 0 saturated heterocycles. The Hall–Kier alpha value is -3.19. The summed E-state index contributed by atoms with van der Waals surface area (Å²) in [6, 6.07) is 6.84. The number of nitrogens with zero attached hydrogens (tertiary/aromatic N) is 3. The average Bonchev–Trinajstić information content (AvgIpc) is 3.29. The molecule has 1 aliphatic rings. The molecule has 2 aromatic carbocycles. The Kier molecular flexibility index (Phi) is 6.25. The molecule has 13 heteroatoms.